The highest BCUT2D eigenvalue weighted by atomic mass is 79.9. The molecule has 1 fully saturated rings. The summed E-state index contributed by atoms with van der Waals surface area (Å²) >= 11 is 3.61. The second-order valence-electron chi connectivity index (χ2n) is 5.90. The second-order valence-corrected chi connectivity index (χ2v) is 6.75. The van der Waals surface area contributed by atoms with E-state index in [9.17, 15) is 5.11 Å². The van der Waals surface area contributed by atoms with Gasteiger partial charge in [0.05, 0.1) is 5.60 Å². The summed E-state index contributed by atoms with van der Waals surface area (Å²) in [6, 6.07) is 4.02. The standard InChI is InChI=1S/C15H20BrNO3/c1-15(18)3-2-4-17(10-15)9-11-7-13-14(8-12(11)16)20-6-5-19-13/h7-8,18H,2-6,9-10H2,1H3. The molecule has 0 amide bonds. The normalized spacial score (nSPS) is 26.6. The number of β-amino-alcohol motifs (C(OH)–C–C–N with tert-alkyl or cyclic N) is 1. The van der Waals surface area contributed by atoms with E-state index in [1.165, 1.54) is 5.56 Å². The van der Waals surface area contributed by atoms with Gasteiger partial charge < -0.3 is 14.6 Å². The number of ether oxygens (including phenoxy) is 2. The van der Waals surface area contributed by atoms with Crippen molar-refractivity contribution in [3.63, 3.8) is 0 Å². The number of hydrogen-bond acceptors (Lipinski definition) is 4. The van der Waals surface area contributed by atoms with Gasteiger partial charge in [-0.05, 0) is 44.0 Å². The van der Waals surface area contributed by atoms with Crippen LogP contribution in [0.25, 0.3) is 0 Å². The quantitative estimate of drug-likeness (QED) is 0.897. The maximum Gasteiger partial charge on any atom is 0.162 e. The van der Waals surface area contributed by atoms with Crippen molar-refractivity contribution in [1.29, 1.82) is 0 Å². The van der Waals surface area contributed by atoms with Crippen molar-refractivity contribution in [3.05, 3.63) is 22.2 Å². The van der Waals surface area contributed by atoms with Gasteiger partial charge in [0, 0.05) is 17.6 Å². The maximum atomic E-state index is 10.2. The van der Waals surface area contributed by atoms with Crippen LogP contribution in [-0.4, -0.2) is 41.9 Å². The highest BCUT2D eigenvalue weighted by Crippen LogP contribution is 2.36. The average Bonchev–Trinajstić information content (AvgIpc) is 2.38. The van der Waals surface area contributed by atoms with Crippen LogP contribution in [0, 0.1) is 0 Å². The third-order valence-electron chi connectivity index (χ3n) is 3.86. The zero-order valence-electron chi connectivity index (χ0n) is 11.7. The Morgan fingerprint density at radius 3 is 2.70 bits per heavy atom. The molecule has 4 nitrogen and oxygen atoms in total. The van der Waals surface area contributed by atoms with Crippen molar-refractivity contribution in [2.75, 3.05) is 26.3 Å². The number of likely N-dealkylation sites (tertiary alicyclic amines) is 1. The van der Waals surface area contributed by atoms with Gasteiger partial charge in [0.15, 0.2) is 11.5 Å². The summed E-state index contributed by atoms with van der Waals surface area (Å²) in [5.74, 6) is 1.62. The molecule has 0 aromatic heterocycles. The first-order valence-corrected chi connectivity index (χ1v) is 7.86. The summed E-state index contributed by atoms with van der Waals surface area (Å²) in [5, 5.41) is 10.2. The van der Waals surface area contributed by atoms with E-state index < -0.39 is 5.60 Å². The van der Waals surface area contributed by atoms with Crippen LogP contribution in [0.1, 0.15) is 25.3 Å². The van der Waals surface area contributed by atoms with Gasteiger partial charge in [-0.15, -0.1) is 0 Å². The Kier molecular flexibility index (Phi) is 3.93. The third kappa shape index (κ3) is 3.10. The monoisotopic (exact) mass is 341 g/mol. The minimum absolute atomic E-state index is 0.571. The number of nitrogens with zero attached hydrogens (tertiary/aromatic N) is 1. The second kappa shape index (κ2) is 5.54. The molecule has 0 bridgehead atoms. The molecule has 2 heterocycles. The lowest BCUT2D eigenvalue weighted by molar-refractivity contribution is -0.0182. The van der Waals surface area contributed by atoms with Crippen molar-refractivity contribution in [2.45, 2.75) is 31.9 Å². The van der Waals surface area contributed by atoms with E-state index in [2.05, 4.69) is 20.8 Å². The number of benzene rings is 1. The first-order valence-electron chi connectivity index (χ1n) is 7.06. The zero-order valence-corrected chi connectivity index (χ0v) is 13.3. The van der Waals surface area contributed by atoms with E-state index in [-0.39, 0.29) is 0 Å². The molecular weight excluding hydrogens is 322 g/mol. The molecule has 110 valence electrons. The molecule has 5 heteroatoms. The van der Waals surface area contributed by atoms with Crippen molar-refractivity contribution < 1.29 is 14.6 Å². The Labute approximate surface area is 127 Å². The molecule has 0 aliphatic carbocycles. The van der Waals surface area contributed by atoms with Gasteiger partial charge in [0.2, 0.25) is 0 Å². The van der Waals surface area contributed by atoms with Gasteiger partial charge in [0.25, 0.3) is 0 Å². The van der Waals surface area contributed by atoms with E-state index in [4.69, 9.17) is 9.47 Å². The summed E-state index contributed by atoms with van der Waals surface area (Å²) < 4.78 is 12.2. The molecule has 3 rings (SSSR count). The molecular formula is C15H20BrNO3. The van der Waals surface area contributed by atoms with Crippen LogP contribution in [0.2, 0.25) is 0 Å². The fraction of sp³-hybridized carbons (Fsp3) is 0.600. The lowest BCUT2D eigenvalue weighted by Crippen LogP contribution is -2.45. The highest BCUT2D eigenvalue weighted by molar-refractivity contribution is 9.10. The van der Waals surface area contributed by atoms with Crippen LogP contribution in [0.4, 0.5) is 0 Å². The molecule has 1 unspecified atom stereocenters. The number of fused-ring (bicyclic) bond motifs is 1. The predicted octanol–water partition coefficient (Wildman–Crippen LogP) is 2.57. The fourth-order valence-electron chi connectivity index (χ4n) is 2.93. The van der Waals surface area contributed by atoms with Crippen LogP contribution in [0.15, 0.2) is 16.6 Å². The van der Waals surface area contributed by atoms with Gasteiger partial charge in [-0.2, -0.15) is 0 Å². The number of halogens is 1. The van der Waals surface area contributed by atoms with Crippen molar-refractivity contribution in [2.24, 2.45) is 0 Å². The molecule has 1 N–H and O–H groups in total. The van der Waals surface area contributed by atoms with E-state index in [0.717, 1.165) is 41.9 Å². The first kappa shape index (κ1) is 14.2. The Morgan fingerprint density at radius 1 is 1.30 bits per heavy atom. The predicted molar refractivity (Wildman–Crippen MR) is 80.3 cm³/mol. The first-order chi connectivity index (χ1) is 9.53. The van der Waals surface area contributed by atoms with Gasteiger partial charge >= 0.3 is 0 Å². The van der Waals surface area contributed by atoms with Crippen LogP contribution in [0.5, 0.6) is 11.5 Å². The summed E-state index contributed by atoms with van der Waals surface area (Å²) in [6.45, 7) is 5.68. The van der Waals surface area contributed by atoms with Crippen LogP contribution in [-0.2, 0) is 6.54 Å². The van der Waals surface area contributed by atoms with Gasteiger partial charge in [-0.3, -0.25) is 4.90 Å². The maximum absolute atomic E-state index is 10.2. The molecule has 1 aromatic rings. The Morgan fingerprint density at radius 2 is 2.00 bits per heavy atom. The van der Waals surface area contributed by atoms with E-state index in [0.29, 0.717) is 19.8 Å². The lowest BCUT2D eigenvalue weighted by Gasteiger charge is -2.37. The van der Waals surface area contributed by atoms with Crippen molar-refractivity contribution in [3.8, 4) is 11.5 Å². The average molecular weight is 342 g/mol. The molecule has 0 radical (unpaired) electrons. The number of piperidine rings is 1. The molecule has 2 aliphatic rings. The summed E-state index contributed by atoms with van der Waals surface area (Å²) in [4.78, 5) is 2.29. The minimum atomic E-state index is -0.571. The highest BCUT2D eigenvalue weighted by Gasteiger charge is 2.28. The number of hydrogen-bond donors (Lipinski definition) is 1. The molecule has 1 saturated heterocycles. The van der Waals surface area contributed by atoms with E-state index in [1.807, 2.05) is 19.1 Å². The van der Waals surface area contributed by atoms with E-state index in [1.54, 1.807) is 0 Å². The Balaban J connectivity index is 1.77. The van der Waals surface area contributed by atoms with E-state index >= 15 is 0 Å². The summed E-state index contributed by atoms with van der Waals surface area (Å²) in [7, 11) is 0. The Hall–Kier alpha value is -0.780. The smallest absolute Gasteiger partial charge is 0.162 e. The van der Waals surface area contributed by atoms with Crippen LogP contribution >= 0.6 is 15.9 Å². The van der Waals surface area contributed by atoms with Gasteiger partial charge in [-0.25, -0.2) is 0 Å². The summed E-state index contributed by atoms with van der Waals surface area (Å²) in [6.07, 6.45) is 1.92. The molecule has 0 spiro atoms. The molecule has 2 aliphatic heterocycles. The zero-order chi connectivity index (χ0) is 14.2. The molecule has 20 heavy (non-hydrogen) atoms. The van der Waals surface area contributed by atoms with Crippen molar-refractivity contribution >= 4 is 15.9 Å². The lowest BCUT2D eigenvalue weighted by atomic mass is 9.95. The molecule has 1 atom stereocenters. The third-order valence-corrected chi connectivity index (χ3v) is 4.60. The number of rotatable bonds is 2. The van der Waals surface area contributed by atoms with Crippen molar-refractivity contribution in [1.82, 2.24) is 4.90 Å². The SMILES string of the molecule is CC1(O)CCCN(Cc2cc3c(cc2Br)OCCO3)C1. The van der Waals surface area contributed by atoms with Crippen LogP contribution in [0.3, 0.4) is 0 Å². The molecule has 1 aromatic carbocycles. The van der Waals surface area contributed by atoms with Crippen LogP contribution < -0.4 is 9.47 Å². The number of aliphatic hydroxyl groups is 1. The van der Waals surface area contributed by atoms with Gasteiger partial charge in [-0.1, -0.05) is 15.9 Å². The fourth-order valence-corrected chi connectivity index (χ4v) is 3.37. The topological polar surface area (TPSA) is 41.9 Å². The largest absolute Gasteiger partial charge is 0.486 e. The van der Waals surface area contributed by atoms with Gasteiger partial charge in [0.1, 0.15) is 13.2 Å². The minimum Gasteiger partial charge on any atom is -0.486 e. The Bertz CT molecular complexity index is 504. The summed E-state index contributed by atoms with van der Waals surface area (Å²) in [5.41, 5.74) is 0.602. The molecule has 0 saturated carbocycles.